The van der Waals surface area contributed by atoms with Gasteiger partial charge in [-0.15, -0.1) is 0 Å². The molecule has 9 heteroatoms. The van der Waals surface area contributed by atoms with Gasteiger partial charge in [-0.25, -0.2) is 14.6 Å². The number of fused-ring (bicyclic) bond motifs is 1. The third kappa shape index (κ3) is 4.50. The van der Waals surface area contributed by atoms with Crippen LogP contribution in [0.1, 0.15) is 37.4 Å². The second-order valence-electron chi connectivity index (χ2n) is 9.63. The third-order valence-corrected chi connectivity index (χ3v) is 7.31. The molecule has 1 atom stereocenters. The summed E-state index contributed by atoms with van der Waals surface area (Å²) in [7, 11) is 2.19. The largest absolute Gasteiger partial charge is 0.383 e. The van der Waals surface area contributed by atoms with Gasteiger partial charge in [-0.2, -0.15) is 5.10 Å². The smallest absolute Gasteiger partial charge is 0.246 e. The average Bonchev–Trinajstić information content (AvgIpc) is 3.26. The number of nitrogen functional groups attached to an aromatic ring is 1. The summed E-state index contributed by atoms with van der Waals surface area (Å²) in [5.41, 5.74) is 10.6. The molecule has 0 spiro atoms. The van der Waals surface area contributed by atoms with Crippen LogP contribution in [0.4, 0.5) is 5.82 Å². The number of likely N-dealkylation sites (N-methyl/N-ethyl adjacent to an activating group) is 1. The maximum atomic E-state index is 12.2. The van der Waals surface area contributed by atoms with E-state index in [4.69, 9.17) is 10.8 Å². The van der Waals surface area contributed by atoms with Gasteiger partial charge < -0.3 is 15.5 Å². The molecule has 2 saturated heterocycles. The molecule has 2 aliphatic heterocycles. The van der Waals surface area contributed by atoms with Gasteiger partial charge in [0, 0.05) is 45.8 Å². The molecule has 2 fully saturated rings. The van der Waals surface area contributed by atoms with E-state index in [0.29, 0.717) is 12.4 Å². The molecule has 0 saturated carbocycles. The highest BCUT2D eigenvalue weighted by Gasteiger charge is 2.28. The molecule has 1 amide bonds. The minimum atomic E-state index is -0.0384. The monoisotopic (exact) mass is 462 g/mol. The van der Waals surface area contributed by atoms with Crippen molar-refractivity contribution in [3.8, 4) is 0 Å². The highest BCUT2D eigenvalue weighted by Crippen LogP contribution is 2.35. The van der Waals surface area contributed by atoms with E-state index in [9.17, 15) is 4.79 Å². The number of aromatic nitrogens is 4. The van der Waals surface area contributed by atoms with Crippen molar-refractivity contribution >= 4 is 28.3 Å². The number of nitrogens with zero attached hydrogens (tertiary/aromatic N) is 7. The van der Waals surface area contributed by atoms with Gasteiger partial charge in [0.15, 0.2) is 5.65 Å². The first-order valence-corrected chi connectivity index (χ1v) is 12.2. The van der Waals surface area contributed by atoms with E-state index >= 15 is 0 Å². The van der Waals surface area contributed by atoms with Gasteiger partial charge in [0.25, 0.3) is 0 Å². The van der Waals surface area contributed by atoms with Crippen LogP contribution < -0.4 is 5.73 Å². The molecule has 5 rings (SSSR count). The summed E-state index contributed by atoms with van der Waals surface area (Å²) in [5, 5.41) is 5.84. The Morgan fingerprint density at radius 1 is 1.18 bits per heavy atom. The predicted molar refractivity (Wildman–Crippen MR) is 134 cm³/mol. The zero-order valence-electron chi connectivity index (χ0n) is 20.0. The molecule has 2 N–H and O–H groups in total. The summed E-state index contributed by atoms with van der Waals surface area (Å²) in [6, 6.07) is 0.0516. The summed E-state index contributed by atoms with van der Waals surface area (Å²) in [6.45, 7) is 10.5. The highest BCUT2D eigenvalue weighted by atomic mass is 16.2. The fourth-order valence-electron chi connectivity index (χ4n) is 5.26. The molecule has 0 unspecified atom stereocenters. The summed E-state index contributed by atoms with van der Waals surface area (Å²) in [6.07, 6.45) is 11.1. The number of piperazine rings is 1. The van der Waals surface area contributed by atoms with Crippen molar-refractivity contribution in [1.82, 2.24) is 34.4 Å². The van der Waals surface area contributed by atoms with Crippen LogP contribution in [0, 0.1) is 0 Å². The SMILES string of the molecule is C=CC(=O)N1CCC[C@@H](n2nc(C3=CC=C(CN4CCN(C)CC4)CC3)c3c(N)ncnc32)C1. The van der Waals surface area contributed by atoms with Crippen LogP contribution in [0.2, 0.25) is 0 Å². The van der Waals surface area contributed by atoms with E-state index in [-0.39, 0.29) is 11.9 Å². The minimum absolute atomic E-state index is 0.0384. The molecule has 180 valence electrons. The Balaban J connectivity index is 1.42. The number of amides is 1. The molecule has 0 bridgehead atoms. The molecule has 2 aromatic rings. The summed E-state index contributed by atoms with van der Waals surface area (Å²) >= 11 is 0. The Kier molecular flexibility index (Phi) is 6.47. The van der Waals surface area contributed by atoms with Gasteiger partial charge in [-0.3, -0.25) is 9.69 Å². The molecular weight excluding hydrogens is 428 g/mol. The topological polar surface area (TPSA) is 96.4 Å². The minimum Gasteiger partial charge on any atom is -0.383 e. The Morgan fingerprint density at radius 3 is 2.74 bits per heavy atom. The highest BCUT2D eigenvalue weighted by molar-refractivity contribution is 5.96. The number of piperidine rings is 1. The van der Waals surface area contributed by atoms with Gasteiger partial charge >= 0.3 is 0 Å². The summed E-state index contributed by atoms with van der Waals surface area (Å²) in [5.74, 6) is 0.415. The van der Waals surface area contributed by atoms with Crippen LogP contribution in [-0.2, 0) is 4.79 Å². The number of hydrogen-bond donors (Lipinski definition) is 1. The first-order chi connectivity index (χ1) is 16.5. The van der Waals surface area contributed by atoms with Crippen LogP contribution in [0.25, 0.3) is 16.6 Å². The number of carbonyl (C=O) groups excluding carboxylic acids is 1. The van der Waals surface area contributed by atoms with Crippen LogP contribution in [0.5, 0.6) is 0 Å². The van der Waals surface area contributed by atoms with Gasteiger partial charge in [-0.05, 0) is 44.4 Å². The molecule has 4 heterocycles. The van der Waals surface area contributed by atoms with Crippen LogP contribution in [0.15, 0.2) is 36.7 Å². The lowest BCUT2D eigenvalue weighted by Crippen LogP contribution is -2.45. The van der Waals surface area contributed by atoms with Crippen molar-refractivity contribution in [3.63, 3.8) is 0 Å². The first kappa shape index (κ1) is 22.7. The van der Waals surface area contributed by atoms with E-state index in [1.807, 2.05) is 9.58 Å². The molecule has 1 aliphatic carbocycles. The van der Waals surface area contributed by atoms with Crippen molar-refractivity contribution in [2.24, 2.45) is 0 Å². The quantitative estimate of drug-likeness (QED) is 0.680. The molecule has 34 heavy (non-hydrogen) atoms. The molecule has 3 aliphatic rings. The summed E-state index contributed by atoms with van der Waals surface area (Å²) in [4.78, 5) is 27.8. The first-order valence-electron chi connectivity index (χ1n) is 12.2. The Labute approximate surface area is 200 Å². The van der Waals surface area contributed by atoms with Crippen molar-refractivity contribution in [2.45, 2.75) is 31.7 Å². The summed E-state index contributed by atoms with van der Waals surface area (Å²) < 4.78 is 1.97. The maximum absolute atomic E-state index is 12.2. The van der Waals surface area contributed by atoms with E-state index in [1.54, 1.807) is 0 Å². The fraction of sp³-hybridized carbons (Fsp3) is 0.520. The normalized spacial score (nSPS) is 22.5. The molecule has 0 aromatic carbocycles. The number of nitrogens with two attached hydrogens (primary N) is 1. The van der Waals surface area contributed by atoms with Crippen molar-refractivity contribution in [3.05, 3.63) is 42.4 Å². The predicted octanol–water partition coefficient (Wildman–Crippen LogP) is 2.11. The van der Waals surface area contributed by atoms with E-state index < -0.39 is 0 Å². The average molecular weight is 463 g/mol. The van der Waals surface area contributed by atoms with E-state index in [1.165, 1.54) is 23.5 Å². The van der Waals surface area contributed by atoms with Gasteiger partial charge in [0.05, 0.1) is 11.4 Å². The number of hydrogen-bond acceptors (Lipinski definition) is 7. The van der Waals surface area contributed by atoms with Gasteiger partial charge in [0.2, 0.25) is 5.91 Å². The second-order valence-corrected chi connectivity index (χ2v) is 9.63. The van der Waals surface area contributed by atoms with Crippen molar-refractivity contribution in [1.29, 1.82) is 0 Å². The van der Waals surface area contributed by atoms with Crippen molar-refractivity contribution in [2.75, 3.05) is 58.6 Å². The lowest BCUT2D eigenvalue weighted by atomic mass is 9.95. The Morgan fingerprint density at radius 2 is 2.00 bits per heavy atom. The van der Waals surface area contributed by atoms with Crippen molar-refractivity contribution < 1.29 is 4.79 Å². The zero-order valence-corrected chi connectivity index (χ0v) is 20.0. The fourth-order valence-corrected chi connectivity index (χ4v) is 5.26. The molecular formula is C25H34N8O. The van der Waals surface area contributed by atoms with E-state index in [2.05, 4.69) is 45.5 Å². The van der Waals surface area contributed by atoms with Gasteiger partial charge in [-0.1, -0.05) is 24.3 Å². The number of carbonyl (C=O) groups is 1. The maximum Gasteiger partial charge on any atom is 0.246 e. The van der Waals surface area contributed by atoms with Gasteiger partial charge in [0.1, 0.15) is 17.8 Å². The Bertz CT molecular complexity index is 1140. The number of allylic oxidation sites excluding steroid dienone is 3. The number of rotatable bonds is 5. The second kappa shape index (κ2) is 9.68. The van der Waals surface area contributed by atoms with E-state index in [0.717, 1.165) is 81.7 Å². The van der Waals surface area contributed by atoms with Crippen LogP contribution >= 0.6 is 0 Å². The third-order valence-electron chi connectivity index (χ3n) is 7.31. The lowest BCUT2D eigenvalue weighted by Gasteiger charge is -2.33. The Hall–Kier alpha value is -3.04. The number of anilines is 1. The number of likely N-dealkylation sites (tertiary alicyclic amines) is 1. The molecule has 9 nitrogen and oxygen atoms in total. The lowest BCUT2D eigenvalue weighted by molar-refractivity contribution is -0.127. The van der Waals surface area contributed by atoms with Crippen LogP contribution in [-0.4, -0.2) is 93.2 Å². The standard InChI is InChI=1S/C25H34N8O/c1-3-21(34)32-10-4-5-20(16-32)33-25-22(24(26)27-17-28-25)23(29-33)19-8-6-18(7-9-19)15-31-13-11-30(2)12-14-31/h3,6,8,17,20H,1,4-5,7,9-16H2,2H3,(H2,26,27,28)/t20-/m1/s1. The zero-order chi connectivity index (χ0) is 23.7. The van der Waals surface area contributed by atoms with Crippen LogP contribution in [0.3, 0.4) is 0 Å². The molecule has 2 aromatic heterocycles. The molecule has 0 radical (unpaired) electrons.